The van der Waals surface area contributed by atoms with Crippen LogP contribution in [0.2, 0.25) is 18.1 Å². The van der Waals surface area contributed by atoms with Gasteiger partial charge in [0.15, 0.2) is 8.32 Å². The third kappa shape index (κ3) is 10.1. The lowest BCUT2D eigenvalue weighted by Crippen LogP contribution is -2.67. The number of nitrogens with one attached hydrogen (secondary N) is 1. The first-order valence-corrected chi connectivity index (χ1v) is 18.9. The van der Waals surface area contributed by atoms with Gasteiger partial charge in [-0.15, -0.1) is 11.8 Å². The zero-order valence-electron chi connectivity index (χ0n) is 24.6. The number of hydrogen-bond donors (Lipinski definition) is 1. The van der Waals surface area contributed by atoms with E-state index in [4.69, 9.17) is 53.4 Å². The van der Waals surface area contributed by atoms with Crippen LogP contribution in [0.4, 0.5) is 0 Å². The average molecular weight is 663 g/mol. The van der Waals surface area contributed by atoms with Crippen LogP contribution >= 0.6 is 46.6 Å². The highest BCUT2D eigenvalue weighted by Gasteiger charge is 2.52. The summed E-state index contributed by atoms with van der Waals surface area (Å²) in [5.41, 5.74) is 1.59. The molecule has 1 fully saturated rings. The fourth-order valence-electron chi connectivity index (χ4n) is 4.22. The van der Waals surface area contributed by atoms with E-state index in [0.29, 0.717) is 13.2 Å². The molecule has 0 bridgehead atoms. The van der Waals surface area contributed by atoms with E-state index < -0.39 is 47.8 Å². The summed E-state index contributed by atoms with van der Waals surface area (Å²) in [6.07, 6.45) is -1.63. The monoisotopic (exact) mass is 661 g/mol. The van der Waals surface area contributed by atoms with Gasteiger partial charge >= 0.3 is 0 Å². The lowest BCUT2D eigenvalue weighted by Gasteiger charge is -2.50. The van der Waals surface area contributed by atoms with Crippen molar-refractivity contribution >= 4 is 60.8 Å². The number of carbonyl (C=O) groups is 1. The maximum Gasteiger partial charge on any atom is 0.272 e. The Hall–Kier alpha value is -0.813. The summed E-state index contributed by atoms with van der Waals surface area (Å²) in [4.78, 5) is 13.0. The van der Waals surface area contributed by atoms with E-state index in [1.165, 1.54) is 0 Å². The van der Waals surface area contributed by atoms with E-state index >= 15 is 0 Å². The molecule has 1 amide bonds. The van der Waals surface area contributed by atoms with Crippen LogP contribution in [-0.4, -0.2) is 60.2 Å². The van der Waals surface area contributed by atoms with Crippen LogP contribution in [0.5, 0.6) is 0 Å². The van der Waals surface area contributed by atoms with Crippen LogP contribution in [0.1, 0.15) is 38.8 Å². The van der Waals surface area contributed by atoms with Gasteiger partial charge in [0.25, 0.3) is 9.70 Å². The summed E-state index contributed by atoms with van der Waals surface area (Å²) in [5.74, 6) is 0.00677. The molecule has 1 N–H and O–H groups in total. The molecule has 1 aliphatic rings. The molecule has 0 saturated carbocycles. The van der Waals surface area contributed by atoms with Gasteiger partial charge in [0.05, 0.1) is 32.0 Å². The first-order valence-electron chi connectivity index (χ1n) is 13.8. The molecule has 228 valence electrons. The van der Waals surface area contributed by atoms with Gasteiger partial charge in [-0.1, -0.05) is 123 Å². The average Bonchev–Trinajstić information content (AvgIpc) is 2.90. The Morgan fingerprint density at radius 1 is 0.951 bits per heavy atom. The van der Waals surface area contributed by atoms with Crippen molar-refractivity contribution in [2.75, 3.05) is 12.4 Å². The SMILES string of the molecule is CCS[C@@H]1O[C@H](COCc2ccccc2)[C@@H](OCc2ccccc2)[C@H](O[Si](C)(C)C(C)(C)C)[C@H]1NC(=O)C(Cl)(Cl)Cl. The summed E-state index contributed by atoms with van der Waals surface area (Å²) in [5, 5.41) is 2.84. The summed E-state index contributed by atoms with van der Waals surface area (Å²) >= 11 is 19.6. The minimum Gasteiger partial charge on any atom is -0.409 e. The van der Waals surface area contributed by atoms with Gasteiger partial charge in [0.1, 0.15) is 17.6 Å². The van der Waals surface area contributed by atoms with Crippen molar-refractivity contribution in [2.24, 2.45) is 0 Å². The molecule has 0 radical (unpaired) electrons. The predicted molar refractivity (Wildman–Crippen MR) is 172 cm³/mol. The predicted octanol–water partition coefficient (Wildman–Crippen LogP) is 7.51. The number of thioether (sulfide) groups is 1. The minimum atomic E-state index is -2.38. The molecule has 0 unspecified atom stereocenters. The Kier molecular flexibility index (Phi) is 12.9. The molecule has 41 heavy (non-hydrogen) atoms. The molecule has 2 aromatic carbocycles. The van der Waals surface area contributed by atoms with Gasteiger partial charge in [0.2, 0.25) is 0 Å². The fourth-order valence-corrected chi connectivity index (χ4v) is 6.68. The van der Waals surface area contributed by atoms with E-state index in [0.717, 1.165) is 16.9 Å². The van der Waals surface area contributed by atoms with Crippen LogP contribution < -0.4 is 5.32 Å². The Labute approximate surface area is 265 Å². The van der Waals surface area contributed by atoms with Gasteiger partial charge in [-0.05, 0) is 35.0 Å². The molecular weight excluding hydrogens is 621 g/mol. The standard InChI is InChI=1S/C30H42Cl3NO5SSi/c1-7-40-27-24(34-28(35)30(31,32)33)26(39-41(5,6)29(2,3)4)25(37-19-22-16-12-9-13-17-22)23(38-27)20-36-18-21-14-10-8-11-15-21/h8-17,23-27H,7,18-20H2,1-6H3,(H,34,35)/t23-,24-,25-,26-,27+/m1/s1. The highest BCUT2D eigenvalue weighted by Crippen LogP contribution is 2.41. The molecule has 1 aliphatic heterocycles. The van der Waals surface area contributed by atoms with Gasteiger partial charge in [-0.2, -0.15) is 0 Å². The maximum atomic E-state index is 13.0. The molecule has 1 heterocycles. The first-order chi connectivity index (χ1) is 19.2. The van der Waals surface area contributed by atoms with Gasteiger partial charge in [-0.25, -0.2) is 0 Å². The maximum absolute atomic E-state index is 13.0. The number of ether oxygens (including phenoxy) is 3. The molecule has 2 aromatic rings. The highest BCUT2D eigenvalue weighted by molar-refractivity contribution is 7.99. The number of amides is 1. The van der Waals surface area contributed by atoms with E-state index in [9.17, 15) is 4.79 Å². The molecule has 6 nitrogen and oxygen atoms in total. The number of hydrogen-bond acceptors (Lipinski definition) is 6. The Morgan fingerprint density at radius 3 is 2.02 bits per heavy atom. The Morgan fingerprint density at radius 2 is 1.51 bits per heavy atom. The zero-order valence-corrected chi connectivity index (χ0v) is 28.7. The van der Waals surface area contributed by atoms with Crippen molar-refractivity contribution in [3.8, 4) is 0 Å². The number of benzene rings is 2. The van der Waals surface area contributed by atoms with Crippen LogP contribution in [0.25, 0.3) is 0 Å². The molecular formula is C30H42Cl3NO5SSi. The largest absolute Gasteiger partial charge is 0.409 e. The quantitative estimate of drug-likeness (QED) is 0.188. The molecule has 0 aromatic heterocycles. The highest BCUT2D eigenvalue weighted by atomic mass is 35.6. The smallest absolute Gasteiger partial charge is 0.272 e. The molecule has 11 heteroatoms. The third-order valence-electron chi connectivity index (χ3n) is 7.45. The van der Waals surface area contributed by atoms with Crippen molar-refractivity contribution in [1.29, 1.82) is 0 Å². The van der Waals surface area contributed by atoms with E-state index in [1.54, 1.807) is 11.8 Å². The second-order valence-electron chi connectivity index (χ2n) is 11.6. The van der Waals surface area contributed by atoms with Crippen molar-refractivity contribution in [1.82, 2.24) is 5.32 Å². The topological polar surface area (TPSA) is 66.0 Å². The summed E-state index contributed by atoms with van der Waals surface area (Å²) in [7, 11) is -2.38. The van der Waals surface area contributed by atoms with Crippen LogP contribution in [0.15, 0.2) is 60.7 Å². The second kappa shape index (κ2) is 15.3. The minimum absolute atomic E-state index is 0.105. The van der Waals surface area contributed by atoms with Gasteiger partial charge < -0.3 is 24.0 Å². The zero-order chi connectivity index (χ0) is 30.3. The summed E-state index contributed by atoms with van der Waals surface area (Å²) in [6.45, 7) is 13.9. The lowest BCUT2D eigenvalue weighted by atomic mass is 9.97. The van der Waals surface area contributed by atoms with Crippen LogP contribution in [-0.2, 0) is 36.6 Å². The Bertz CT molecular complexity index is 1090. The third-order valence-corrected chi connectivity index (χ3v) is 13.5. The molecule has 0 spiro atoms. The van der Waals surface area contributed by atoms with Gasteiger partial charge in [-0.3, -0.25) is 4.79 Å². The molecule has 0 aliphatic carbocycles. The molecule has 3 rings (SSSR count). The summed E-state index contributed by atoms with van der Waals surface area (Å²) < 4.78 is 24.3. The number of carbonyl (C=O) groups excluding carboxylic acids is 1. The molecule has 1 saturated heterocycles. The lowest BCUT2D eigenvalue weighted by molar-refractivity contribution is -0.197. The first kappa shape index (κ1) is 34.7. The van der Waals surface area contributed by atoms with Crippen molar-refractivity contribution in [3.63, 3.8) is 0 Å². The van der Waals surface area contributed by atoms with E-state index in [2.05, 4.69) is 39.2 Å². The van der Waals surface area contributed by atoms with Crippen molar-refractivity contribution in [2.45, 2.75) is 92.6 Å². The number of alkyl halides is 3. The second-order valence-corrected chi connectivity index (χ2v) is 20.0. The van der Waals surface area contributed by atoms with Crippen LogP contribution in [0, 0.1) is 0 Å². The van der Waals surface area contributed by atoms with E-state index in [1.807, 2.05) is 67.6 Å². The van der Waals surface area contributed by atoms with Crippen molar-refractivity contribution in [3.05, 3.63) is 71.8 Å². The number of rotatable bonds is 12. The van der Waals surface area contributed by atoms with Crippen LogP contribution in [0.3, 0.4) is 0 Å². The number of halogens is 3. The van der Waals surface area contributed by atoms with E-state index in [-0.39, 0.29) is 11.6 Å². The van der Waals surface area contributed by atoms with Crippen molar-refractivity contribution < 1.29 is 23.4 Å². The fraction of sp³-hybridized carbons (Fsp3) is 0.567. The normalized spacial score (nSPS) is 23.8. The molecule has 5 atom stereocenters. The summed E-state index contributed by atoms with van der Waals surface area (Å²) in [6, 6.07) is 19.3. The van der Waals surface area contributed by atoms with Gasteiger partial charge in [0, 0.05) is 0 Å². The Balaban J connectivity index is 1.99.